The van der Waals surface area contributed by atoms with Crippen molar-refractivity contribution in [2.24, 2.45) is 0 Å². The highest BCUT2D eigenvalue weighted by Gasteiger charge is 2.14. The lowest BCUT2D eigenvalue weighted by molar-refractivity contribution is 0.0846. The maximum absolute atomic E-state index is 12.5. The molecule has 0 atom stereocenters. The standard InChI is InChI=1S/C22H25N3O4/c1-5-10-29-19-9-7-16(12-20(19)28-4)22(27)25-24-21(26)15-6-8-18-17(11-15)13(2)14(3)23-18/h6-9,11-12,23H,5,10H2,1-4H3,(H,24,26)(H,25,27). The van der Waals surface area contributed by atoms with Gasteiger partial charge in [0.05, 0.1) is 13.7 Å². The Kier molecular flexibility index (Phi) is 6.07. The molecule has 0 spiro atoms. The number of carbonyl (C=O) groups is 2. The third kappa shape index (κ3) is 4.34. The molecule has 0 aliphatic heterocycles. The Morgan fingerprint density at radius 3 is 2.28 bits per heavy atom. The number of amides is 2. The molecule has 7 nitrogen and oxygen atoms in total. The van der Waals surface area contributed by atoms with Crippen LogP contribution in [0.5, 0.6) is 11.5 Å². The van der Waals surface area contributed by atoms with Crippen molar-refractivity contribution in [1.82, 2.24) is 15.8 Å². The number of aromatic amines is 1. The molecule has 3 aromatic rings. The molecule has 0 radical (unpaired) electrons. The van der Waals surface area contributed by atoms with Crippen LogP contribution in [0.2, 0.25) is 0 Å². The molecule has 0 aliphatic carbocycles. The van der Waals surface area contributed by atoms with Crippen molar-refractivity contribution in [3.05, 3.63) is 58.8 Å². The summed E-state index contributed by atoms with van der Waals surface area (Å²) in [6.45, 7) is 6.55. The maximum atomic E-state index is 12.5. The van der Waals surface area contributed by atoms with Crippen LogP contribution in [0.15, 0.2) is 36.4 Å². The molecule has 152 valence electrons. The van der Waals surface area contributed by atoms with E-state index in [1.54, 1.807) is 30.3 Å². The van der Waals surface area contributed by atoms with Crippen molar-refractivity contribution in [1.29, 1.82) is 0 Å². The lowest BCUT2D eigenvalue weighted by Crippen LogP contribution is -2.41. The maximum Gasteiger partial charge on any atom is 0.269 e. The highest BCUT2D eigenvalue weighted by molar-refractivity contribution is 6.01. The van der Waals surface area contributed by atoms with Gasteiger partial charge in [-0.05, 0) is 62.2 Å². The molecular weight excluding hydrogens is 370 g/mol. The monoisotopic (exact) mass is 395 g/mol. The smallest absolute Gasteiger partial charge is 0.269 e. The summed E-state index contributed by atoms with van der Waals surface area (Å²) in [5.41, 5.74) is 8.82. The predicted octanol–water partition coefficient (Wildman–Crippen LogP) is 3.66. The quantitative estimate of drug-likeness (QED) is 0.556. The third-order valence-corrected chi connectivity index (χ3v) is 4.75. The van der Waals surface area contributed by atoms with Crippen LogP contribution in [0.25, 0.3) is 10.9 Å². The fourth-order valence-corrected chi connectivity index (χ4v) is 3.00. The van der Waals surface area contributed by atoms with E-state index in [2.05, 4.69) is 15.8 Å². The number of aryl methyl sites for hydroxylation is 2. The van der Waals surface area contributed by atoms with Gasteiger partial charge < -0.3 is 14.5 Å². The summed E-state index contributed by atoms with van der Waals surface area (Å²) in [7, 11) is 1.51. The minimum atomic E-state index is -0.451. The topological polar surface area (TPSA) is 92.5 Å². The van der Waals surface area contributed by atoms with Gasteiger partial charge >= 0.3 is 0 Å². The molecule has 3 N–H and O–H groups in total. The second-order valence-electron chi connectivity index (χ2n) is 6.76. The number of hydrazine groups is 1. The van der Waals surface area contributed by atoms with E-state index in [0.29, 0.717) is 29.2 Å². The predicted molar refractivity (Wildman–Crippen MR) is 111 cm³/mol. The molecule has 0 aliphatic rings. The molecule has 1 aromatic heterocycles. The summed E-state index contributed by atoms with van der Waals surface area (Å²) in [5, 5.41) is 0.980. The number of hydrogen-bond acceptors (Lipinski definition) is 4. The first-order valence-corrected chi connectivity index (χ1v) is 9.45. The Morgan fingerprint density at radius 2 is 1.62 bits per heavy atom. The molecule has 7 heteroatoms. The van der Waals surface area contributed by atoms with Crippen molar-refractivity contribution in [3.8, 4) is 11.5 Å². The van der Waals surface area contributed by atoms with Gasteiger partial charge in [0.15, 0.2) is 11.5 Å². The van der Waals surface area contributed by atoms with Gasteiger partial charge in [0.1, 0.15) is 0 Å². The first kappa shape index (κ1) is 20.3. The number of methoxy groups -OCH3 is 1. The summed E-state index contributed by atoms with van der Waals surface area (Å²) < 4.78 is 10.9. The fraction of sp³-hybridized carbons (Fsp3) is 0.273. The Morgan fingerprint density at radius 1 is 0.966 bits per heavy atom. The van der Waals surface area contributed by atoms with Crippen molar-refractivity contribution < 1.29 is 19.1 Å². The second-order valence-corrected chi connectivity index (χ2v) is 6.76. The van der Waals surface area contributed by atoms with Crippen LogP contribution >= 0.6 is 0 Å². The van der Waals surface area contributed by atoms with Gasteiger partial charge in [-0.2, -0.15) is 0 Å². The van der Waals surface area contributed by atoms with Crippen LogP contribution in [0.4, 0.5) is 0 Å². The molecular formula is C22H25N3O4. The molecule has 0 unspecified atom stereocenters. The number of rotatable bonds is 6. The van der Waals surface area contributed by atoms with E-state index in [1.807, 2.05) is 26.8 Å². The second kappa shape index (κ2) is 8.68. The van der Waals surface area contributed by atoms with E-state index >= 15 is 0 Å². The van der Waals surface area contributed by atoms with Crippen molar-refractivity contribution >= 4 is 22.7 Å². The van der Waals surface area contributed by atoms with Crippen molar-refractivity contribution in [3.63, 3.8) is 0 Å². The average Bonchev–Trinajstić information content (AvgIpc) is 3.03. The lowest BCUT2D eigenvalue weighted by atomic mass is 10.1. The van der Waals surface area contributed by atoms with E-state index < -0.39 is 11.8 Å². The zero-order chi connectivity index (χ0) is 21.0. The van der Waals surface area contributed by atoms with Gasteiger partial charge in [-0.25, -0.2) is 0 Å². The van der Waals surface area contributed by atoms with Gasteiger partial charge in [-0.1, -0.05) is 6.92 Å². The highest BCUT2D eigenvalue weighted by atomic mass is 16.5. The molecule has 0 saturated carbocycles. The van der Waals surface area contributed by atoms with Crippen LogP contribution in [-0.4, -0.2) is 30.5 Å². The van der Waals surface area contributed by atoms with Crippen LogP contribution in [-0.2, 0) is 0 Å². The number of carbonyl (C=O) groups excluding carboxylic acids is 2. The number of ether oxygens (including phenoxy) is 2. The van der Waals surface area contributed by atoms with E-state index in [9.17, 15) is 9.59 Å². The normalized spacial score (nSPS) is 10.6. The van der Waals surface area contributed by atoms with E-state index in [0.717, 1.165) is 28.6 Å². The molecule has 2 amide bonds. The number of benzene rings is 2. The molecule has 0 fully saturated rings. The average molecular weight is 395 g/mol. The summed E-state index contributed by atoms with van der Waals surface area (Å²) in [4.78, 5) is 28.1. The Hall–Kier alpha value is -3.48. The molecule has 3 rings (SSSR count). The summed E-state index contributed by atoms with van der Waals surface area (Å²) in [6, 6.07) is 10.2. The van der Waals surface area contributed by atoms with Gasteiger partial charge in [-0.15, -0.1) is 0 Å². The largest absolute Gasteiger partial charge is 0.493 e. The fourth-order valence-electron chi connectivity index (χ4n) is 3.00. The van der Waals surface area contributed by atoms with Crippen LogP contribution < -0.4 is 20.3 Å². The van der Waals surface area contributed by atoms with Crippen LogP contribution in [0.3, 0.4) is 0 Å². The Balaban J connectivity index is 1.68. The molecule has 0 bridgehead atoms. The first-order chi connectivity index (χ1) is 13.9. The van der Waals surface area contributed by atoms with Crippen molar-refractivity contribution in [2.45, 2.75) is 27.2 Å². The van der Waals surface area contributed by atoms with E-state index in [1.165, 1.54) is 7.11 Å². The minimum absolute atomic E-state index is 0.346. The van der Waals surface area contributed by atoms with Crippen LogP contribution in [0, 0.1) is 13.8 Å². The highest BCUT2D eigenvalue weighted by Crippen LogP contribution is 2.28. The Labute approximate surface area is 169 Å². The number of fused-ring (bicyclic) bond motifs is 1. The lowest BCUT2D eigenvalue weighted by Gasteiger charge is -2.12. The van der Waals surface area contributed by atoms with Crippen molar-refractivity contribution in [2.75, 3.05) is 13.7 Å². The first-order valence-electron chi connectivity index (χ1n) is 9.45. The molecule has 29 heavy (non-hydrogen) atoms. The number of hydrogen-bond donors (Lipinski definition) is 3. The van der Waals surface area contributed by atoms with Gasteiger partial charge in [-0.3, -0.25) is 20.4 Å². The van der Waals surface area contributed by atoms with Gasteiger partial charge in [0.25, 0.3) is 11.8 Å². The van der Waals surface area contributed by atoms with Gasteiger partial charge in [0, 0.05) is 27.7 Å². The summed E-state index contributed by atoms with van der Waals surface area (Å²) >= 11 is 0. The van der Waals surface area contributed by atoms with Crippen LogP contribution in [0.1, 0.15) is 45.3 Å². The number of aromatic nitrogens is 1. The molecule has 2 aromatic carbocycles. The summed E-state index contributed by atoms with van der Waals surface area (Å²) in [6.07, 6.45) is 0.866. The Bertz CT molecular complexity index is 1060. The SMILES string of the molecule is CCCOc1ccc(C(=O)NNC(=O)c2ccc3[nH]c(C)c(C)c3c2)cc1OC. The minimum Gasteiger partial charge on any atom is -0.493 e. The summed E-state index contributed by atoms with van der Waals surface area (Å²) in [5.74, 6) is 0.184. The molecule has 1 heterocycles. The third-order valence-electron chi connectivity index (χ3n) is 4.75. The van der Waals surface area contributed by atoms with E-state index in [-0.39, 0.29) is 0 Å². The number of nitrogens with one attached hydrogen (secondary N) is 3. The van der Waals surface area contributed by atoms with E-state index in [4.69, 9.17) is 9.47 Å². The zero-order valence-electron chi connectivity index (χ0n) is 17.0. The van der Waals surface area contributed by atoms with Gasteiger partial charge in [0.2, 0.25) is 0 Å². The zero-order valence-corrected chi connectivity index (χ0v) is 17.0. The number of H-pyrrole nitrogens is 1. The molecule has 0 saturated heterocycles.